The first-order valence-corrected chi connectivity index (χ1v) is 11.7. The molecule has 3 amide bonds. The average molecular weight is 482 g/mol. The minimum atomic E-state index is -0.365. The lowest BCUT2D eigenvalue weighted by molar-refractivity contribution is -0.116. The zero-order chi connectivity index (χ0) is 25.0. The van der Waals surface area contributed by atoms with E-state index in [0.717, 1.165) is 18.4 Å². The monoisotopic (exact) mass is 481 g/mol. The van der Waals surface area contributed by atoms with E-state index in [4.69, 9.17) is 4.74 Å². The number of carbonyl (C=O) groups excluding carboxylic acids is 2. The van der Waals surface area contributed by atoms with E-state index in [-0.39, 0.29) is 24.3 Å². The Morgan fingerprint density at radius 3 is 2.51 bits per heavy atom. The molecule has 0 saturated carbocycles. The average Bonchev–Trinajstić information content (AvgIpc) is 3.28. The fourth-order valence-corrected chi connectivity index (χ4v) is 3.49. The van der Waals surface area contributed by atoms with Crippen molar-refractivity contribution in [1.29, 1.82) is 0 Å². The zero-order valence-electron chi connectivity index (χ0n) is 20.2. The summed E-state index contributed by atoms with van der Waals surface area (Å²) in [5.74, 6) is -0.310. The highest BCUT2D eigenvalue weighted by Gasteiger charge is 2.19. The molecule has 0 saturated heterocycles. The first kappa shape index (κ1) is 25.9. The number of halogens is 1. The lowest BCUT2D eigenvalue weighted by Gasteiger charge is -2.22. The van der Waals surface area contributed by atoms with Gasteiger partial charge in [0.2, 0.25) is 5.91 Å². The smallest absolute Gasteiger partial charge is 0.317 e. The maximum absolute atomic E-state index is 13.5. The second-order valence-corrected chi connectivity index (χ2v) is 8.07. The number of nitrogens with one attached hydrogen (secondary N) is 2. The van der Waals surface area contributed by atoms with E-state index < -0.39 is 0 Å². The topological polar surface area (TPSA) is 88.5 Å². The van der Waals surface area contributed by atoms with Crippen LogP contribution in [0.2, 0.25) is 0 Å². The van der Waals surface area contributed by atoms with Gasteiger partial charge < -0.3 is 20.3 Å². The van der Waals surface area contributed by atoms with Crippen molar-refractivity contribution in [3.8, 4) is 16.9 Å². The number of aromatic nitrogens is 2. The first-order chi connectivity index (χ1) is 17.0. The molecule has 3 aromatic rings. The summed E-state index contributed by atoms with van der Waals surface area (Å²) >= 11 is 0. The van der Waals surface area contributed by atoms with Gasteiger partial charge in [0.15, 0.2) is 0 Å². The lowest BCUT2D eigenvalue weighted by Crippen LogP contribution is -2.45. The Kier molecular flexibility index (Phi) is 9.80. The molecule has 0 bridgehead atoms. The molecule has 2 aromatic carbocycles. The number of unbranched alkanes of at least 4 members (excludes halogenated alkanes) is 1. The van der Waals surface area contributed by atoms with Crippen LogP contribution in [-0.4, -0.2) is 60.0 Å². The number of anilines is 1. The molecule has 8 nitrogen and oxygen atoms in total. The van der Waals surface area contributed by atoms with Gasteiger partial charge in [0, 0.05) is 38.4 Å². The maximum atomic E-state index is 13.5. The second-order valence-electron chi connectivity index (χ2n) is 8.07. The normalized spacial score (nSPS) is 10.7. The van der Waals surface area contributed by atoms with E-state index in [0.29, 0.717) is 43.3 Å². The molecule has 0 aliphatic heterocycles. The number of benzene rings is 2. The summed E-state index contributed by atoms with van der Waals surface area (Å²) in [7, 11) is 1.60. The summed E-state index contributed by atoms with van der Waals surface area (Å²) in [4.78, 5) is 27.1. The van der Waals surface area contributed by atoms with Gasteiger partial charge in [-0.2, -0.15) is 5.10 Å². The van der Waals surface area contributed by atoms with E-state index in [1.165, 1.54) is 17.0 Å². The Bertz CT molecular complexity index is 1090. The molecule has 0 radical (unpaired) electrons. The van der Waals surface area contributed by atoms with Crippen LogP contribution in [0.25, 0.3) is 16.9 Å². The number of urea groups is 1. The molecule has 2 N–H and O–H groups in total. The molecule has 3 rings (SSSR count). The molecular weight excluding hydrogens is 449 g/mol. The fraction of sp³-hybridized carbons (Fsp3) is 0.346. The van der Waals surface area contributed by atoms with E-state index in [1.807, 2.05) is 37.3 Å². The van der Waals surface area contributed by atoms with Crippen LogP contribution in [0.4, 0.5) is 15.0 Å². The van der Waals surface area contributed by atoms with Crippen LogP contribution in [-0.2, 0) is 9.53 Å². The molecule has 186 valence electrons. The van der Waals surface area contributed by atoms with Crippen LogP contribution < -0.4 is 10.6 Å². The third-order valence-electron chi connectivity index (χ3n) is 5.32. The molecule has 0 aliphatic carbocycles. The van der Waals surface area contributed by atoms with Gasteiger partial charge in [0.05, 0.1) is 11.4 Å². The van der Waals surface area contributed by atoms with Crippen LogP contribution in [0.15, 0.2) is 60.7 Å². The van der Waals surface area contributed by atoms with E-state index in [9.17, 15) is 14.0 Å². The Balaban J connectivity index is 1.80. The number of carbonyl (C=O) groups is 2. The third-order valence-corrected chi connectivity index (χ3v) is 5.32. The number of hydrogen-bond donors (Lipinski definition) is 2. The largest absolute Gasteiger partial charge is 0.385 e. The molecule has 0 spiro atoms. The van der Waals surface area contributed by atoms with Crippen LogP contribution in [0, 0.1) is 5.82 Å². The standard InChI is InChI=1S/C26H32FN5O3/c1-3-4-15-28-26(34)31(16-8-17-35-2)19-25(33)29-24-18-23(20-9-6-5-7-10-20)30-32(24)22-13-11-21(27)12-14-22/h5-7,9-14,18H,3-4,8,15-17,19H2,1-2H3,(H,28,34)(H,29,33). The number of amides is 3. The molecular formula is C26H32FN5O3. The molecule has 35 heavy (non-hydrogen) atoms. The molecule has 0 fully saturated rings. The number of methoxy groups -OCH3 is 1. The number of hydrogen-bond acceptors (Lipinski definition) is 4. The highest BCUT2D eigenvalue weighted by molar-refractivity contribution is 5.94. The Hall–Kier alpha value is -3.72. The van der Waals surface area contributed by atoms with Crippen molar-refractivity contribution in [3.05, 3.63) is 66.5 Å². The van der Waals surface area contributed by atoms with Crippen molar-refractivity contribution in [2.75, 3.05) is 38.7 Å². The van der Waals surface area contributed by atoms with E-state index >= 15 is 0 Å². The molecule has 0 atom stereocenters. The fourth-order valence-electron chi connectivity index (χ4n) is 3.49. The summed E-state index contributed by atoms with van der Waals surface area (Å²) in [5.41, 5.74) is 2.12. The van der Waals surface area contributed by atoms with Crippen LogP contribution in [0.1, 0.15) is 26.2 Å². The summed E-state index contributed by atoms with van der Waals surface area (Å²) in [6.07, 6.45) is 2.43. The van der Waals surface area contributed by atoms with Crippen molar-refractivity contribution in [2.24, 2.45) is 0 Å². The van der Waals surface area contributed by atoms with E-state index in [2.05, 4.69) is 15.7 Å². The van der Waals surface area contributed by atoms with Crippen LogP contribution >= 0.6 is 0 Å². The molecule has 0 aliphatic rings. The zero-order valence-corrected chi connectivity index (χ0v) is 20.2. The van der Waals surface area contributed by atoms with Crippen molar-refractivity contribution in [3.63, 3.8) is 0 Å². The van der Waals surface area contributed by atoms with Gasteiger partial charge in [-0.25, -0.2) is 13.9 Å². The minimum absolute atomic E-state index is 0.128. The number of ether oxygens (including phenoxy) is 1. The van der Waals surface area contributed by atoms with Gasteiger partial charge in [0.25, 0.3) is 0 Å². The summed E-state index contributed by atoms with van der Waals surface area (Å²) in [5, 5.41) is 10.4. The van der Waals surface area contributed by atoms with Gasteiger partial charge in [-0.1, -0.05) is 43.7 Å². The highest BCUT2D eigenvalue weighted by atomic mass is 19.1. The maximum Gasteiger partial charge on any atom is 0.317 e. The Morgan fingerprint density at radius 1 is 1.09 bits per heavy atom. The van der Waals surface area contributed by atoms with Gasteiger partial charge in [0.1, 0.15) is 18.2 Å². The molecule has 1 heterocycles. The van der Waals surface area contributed by atoms with Crippen LogP contribution in [0.5, 0.6) is 0 Å². The van der Waals surface area contributed by atoms with Crippen molar-refractivity contribution >= 4 is 17.8 Å². The van der Waals surface area contributed by atoms with Crippen molar-refractivity contribution < 1.29 is 18.7 Å². The van der Waals surface area contributed by atoms with Crippen molar-refractivity contribution in [2.45, 2.75) is 26.2 Å². The highest BCUT2D eigenvalue weighted by Crippen LogP contribution is 2.25. The lowest BCUT2D eigenvalue weighted by atomic mass is 10.1. The van der Waals surface area contributed by atoms with Crippen LogP contribution in [0.3, 0.4) is 0 Å². The van der Waals surface area contributed by atoms with Gasteiger partial charge in [-0.3, -0.25) is 4.79 Å². The van der Waals surface area contributed by atoms with Gasteiger partial charge in [-0.05, 0) is 37.1 Å². The van der Waals surface area contributed by atoms with Gasteiger partial charge in [-0.15, -0.1) is 0 Å². The molecule has 1 aromatic heterocycles. The first-order valence-electron chi connectivity index (χ1n) is 11.7. The second kappa shape index (κ2) is 13.2. The Labute approximate surface area is 205 Å². The molecule has 9 heteroatoms. The summed E-state index contributed by atoms with van der Waals surface area (Å²) in [6.45, 7) is 3.33. The predicted octanol–water partition coefficient (Wildman–Crippen LogP) is 4.47. The third kappa shape index (κ3) is 7.65. The minimum Gasteiger partial charge on any atom is -0.385 e. The number of nitrogens with zero attached hydrogens (tertiary/aromatic N) is 3. The SMILES string of the molecule is CCCCNC(=O)N(CCCOC)CC(=O)Nc1cc(-c2ccccc2)nn1-c1ccc(F)cc1. The van der Waals surface area contributed by atoms with Crippen molar-refractivity contribution in [1.82, 2.24) is 20.0 Å². The van der Waals surface area contributed by atoms with E-state index in [1.54, 1.807) is 30.0 Å². The predicted molar refractivity (Wildman–Crippen MR) is 134 cm³/mol. The quantitative estimate of drug-likeness (QED) is 0.374. The van der Waals surface area contributed by atoms with Gasteiger partial charge >= 0.3 is 6.03 Å². The molecule has 0 unspecified atom stereocenters. The summed E-state index contributed by atoms with van der Waals surface area (Å²) in [6, 6.07) is 16.9. The number of rotatable bonds is 12. The Morgan fingerprint density at radius 2 is 1.83 bits per heavy atom. The summed E-state index contributed by atoms with van der Waals surface area (Å²) < 4.78 is 20.1.